The molecular formula is C25H28ClNO5. The van der Waals surface area contributed by atoms with Crippen LogP contribution >= 0.6 is 11.6 Å². The Morgan fingerprint density at radius 1 is 1.03 bits per heavy atom. The van der Waals surface area contributed by atoms with Crippen LogP contribution in [-0.4, -0.2) is 53.2 Å². The van der Waals surface area contributed by atoms with Crippen molar-refractivity contribution in [2.75, 3.05) is 26.4 Å². The first-order chi connectivity index (χ1) is 15.1. The number of nitrogens with zero attached hydrogens (tertiary/aromatic N) is 1. The summed E-state index contributed by atoms with van der Waals surface area (Å²) >= 11 is 5.95. The fourth-order valence-electron chi connectivity index (χ4n) is 3.72. The third-order valence-electron chi connectivity index (χ3n) is 5.46. The van der Waals surface area contributed by atoms with Gasteiger partial charge in [-0.2, -0.15) is 0 Å². The van der Waals surface area contributed by atoms with Gasteiger partial charge in [0.25, 0.3) is 11.7 Å². The SMILES string of the molecule is CC(C)(C)c1ccc(C2/C(=C(\O)c3ccc(Cl)cc3)C(=O)C(=O)N2CCOCCO)cc1. The quantitative estimate of drug-likeness (QED) is 0.283. The maximum atomic E-state index is 13.0. The van der Waals surface area contributed by atoms with Gasteiger partial charge in [0.1, 0.15) is 5.76 Å². The summed E-state index contributed by atoms with van der Waals surface area (Å²) in [6.45, 7) is 6.62. The van der Waals surface area contributed by atoms with E-state index in [4.69, 9.17) is 21.4 Å². The number of hydrogen-bond donors (Lipinski definition) is 2. The minimum atomic E-state index is -0.752. The maximum Gasteiger partial charge on any atom is 0.295 e. The molecule has 7 heteroatoms. The number of benzene rings is 2. The molecule has 2 N–H and O–H groups in total. The Kier molecular flexibility index (Phi) is 7.39. The molecule has 1 aliphatic rings. The van der Waals surface area contributed by atoms with Gasteiger partial charge in [-0.05, 0) is 40.8 Å². The van der Waals surface area contributed by atoms with E-state index in [-0.39, 0.29) is 43.1 Å². The van der Waals surface area contributed by atoms with Crippen molar-refractivity contribution in [2.24, 2.45) is 0 Å². The van der Waals surface area contributed by atoms with Gasteiger partial charge in [0, 0.05) is 17.1 Å². The summed E-state index contributed by atoms with van der Waals surface area (Å²) in [6.07, 6.45) is 0. The summed E-state index contributed by atoms with van der Waals surface area (Å²) in [5.41, 5.74) is 2.21. The Bertz CT molecular complexity index is 1010. The van der Waals surface area contributed by atoms with Gasteiger partial charge >= 0.3 is 0 Å². The predicted octanol–water partition coefficient (Wildman–Crippen LogP) is 4.07. The van der Waals surface area contributed by atoms with Crippen LogP contribution in [0, 0.1) is 0 Å². The number of ether oxygens (including phenoxy) is 1. The van der Waals surface area contributed by atoms with Gasteiger partial charge < -0.3 is 19.8 Å². The molecule has 0 radical (unpaired) electrons. The van der Waals surface area contributed by atoms with E-state index in [2.05, 4.69) is 20.8 Å². The zero-order chi connectivity index (χ0) is 23.5. The lowest BCUT2D eigenvalue weighted by Crippen LogP contribution is -2.33. The number of ketones is 1. The summed E-state index contributed by atoms with van der Waals surface area (Å²) in [4.78, 5) is 27.3. The number of hydrogen-bond acceptors (Lipinski definition) is 5. The molecule has 0 saturated carbocycles. The number of likely N-dealkylation sites (tertiary alicyclic amines) is 1. The van der Waals surface area contributed by atoms with E-state index < -0.39 is 17.7 Å². The van der Waals surface area contributed by atoms with E-state index in [1.807, 2.05) is 24.3 Å². The molecular weight excluding hydrogens is 430 g/mol. The highest BCUT2D eigenvalue weighted by atomic mass is 35.5. The predicted molar refractivity (Wildman–Crippen MR) is 124 cm³/mol. The number of aliphatic hydroxyl groups is 2. The van der Waals surface area contributed by atoms with Gasteiger partial charge in [0.2, 0.25) is 0 Å². The molecule has 3 rings (SSSR count). The summed E-state index contributed by atoms with van der Waals surface area (Å²) in [5, 5.41) is 20.4. The zero-order valence-corrected chi connectivity index (χ0v) is 19.2. The van der Waals surface area contributed by atoms with E-state index in [1.165, 1.54) is 4.90 Å². The smallest absolute Gasteiger partial charge is 0.295 e. The molecule has 1 atom stereocenters. The van der Waals surface area contributed by atoms with E-state index in [9.17, 15) is 14.7 Å². The molecule has 0 spiro atoms. The van der Waals surface area contributed by atoms with E-state index >= 15 is 0 Å². The summed E-state index contributed by atoms with van der Waals surface area (Å²) in [6, 6.07) is 13.4. The number of carbonyl (C=O) groups is 2. The van der Waals surface area contributed by atoms with Crippen LogP contribution in [0.3, 0.4) is 0 Å². The van der Waals surface area contributed by atoms with Crippen molar-refractivity contribution in [3.63, 3.8) is 0 Å². The van der Waals surface area contributed by atoms with Gasteiger partial charge in [0.05, 0.1) is 31.4 Å². The van der Waals surface area contributed by atoms with Crippen LogP contribution in [0.2, 0.25) is 5.02 Å². The van der Waals surface area contributed by atoms with Crippen LogP contribution in [0.15, 0.2) is 54.1 Å². The highest BCUT2D eigenvalue weighted by Gasteiger charge is 2.45. The maximum absolute atomic E-state index is 13.0. The molecule has 0 aromatic heterocycles. The lowest BCUT2D eigenvalue weighted by atomic mass is 9.85. The van der Waals surface area contributed by atoms with Crippen molar-refractivity contribution in [3.05, 3.63) is 75.8 Å². The molecule has 1 aliphatic heterocycles. The molecule has 2 aromatic carbocycles. The average Bonchev–Trinajstić information content (AvgIpc) is 3.01. The van der Waals surface area contributed by atoms with Crippen LogP contribution < -0.4 is 0 Å². The van der Waals surface area contributed by atoms with Crippen molar-refractivity contribution < 1.29 is 24.5 Å². The Labute approximate surface area is 193 Å². The first kappa shape index (κ1) is 24.0. The lowest BCUT2D eigenvalue weighted by Gasteiger charge is -2.26. The van der Waals surface area contributed by atoms with Gasteiger partial charge in [-0.3, -0.25) is 9.59 Å². The van der Waals surface area contributed by atoms with Gasteiger partial charge in [-0.1, -0.05) is 56.6 Å². The minimum absolute atomic E-state index is 0.0305. The Hall–Kier alpha value is -2.67. The van der Waals surface area contributed by atoms with Gasteiger partial charge in [-0.15, -0.1) is 0 Å². The highest BCUT2D eigenvalue weighted by Crippen LogP contribution is 2.40. The molecule has 170 valence electrons. The fraction of sp³-hybridized carbons (Fsp3) is 0.360. The van der Waals surface area contributed by atoms with Crippen LogP contribution in [0.4, 0.5) is 0 Å². The summed E-state index contributed by atoms with van der Waals surface area (Å²) in [7, 11) is 0. The Morgan fingerprint density at radius 3 is 2.22 bits per heavy atom. The molecule has 6 nitrogen and oxygen atoms in total. The average molecular weight is 458 g/mol. The van der Waals surface area contributed by atoms with E-state index in [1.54, 1.807) is 24.3 Å². The number of Topliss-reactive ketones (excluding diaryl/α,β-unsaturated/α-hetero) is 1. The largest absolute Gasteiger partial charge is 0.507 e. The number of halogens is 1. The molecule has 0 aliphatic carbocycles. The molecule has 32 heavy (non-hydrogen) atoms. The molecule has 1 amide bonds. The van der Waals surface area contributed by atoms with Crippen LogP contribution in [0.1, 0.15) is 43.5 Å². The highest BCUT2D eigenvalue weighted by molar-refractivity contribution is 6.46. The Morgan fingerprint density at radius 2 is 1.66 bits per heavy atom. The van der Waals surface area contributed by atoms with E-state index in [0.29, 0.717) is 10.6 Å². The van der Waals surface area contributed by atoms with Crippen LogP contribution in [-0.2, 0) is 19.7 Å². The van der Waals surface area contributed by atoms with Crippen molar-refractivity contribution >= 4 is 29.1 Å². The molecule has 1 fully saturated rings. The van der Waals surface area contributed by atoms with E-state index in [0.717, 1.165) is 11.1 Å². The first-order valence-corrected chi connectivity index (χ1v) is 10.9. The van der Waals surface area contributed by atoms with Crippen LogP contribution in [0.5, 0.6) is 0 Å². The number of rotatable bonds is 7. The van der Waals surface area contributed by atoms with Crippen molar-refractivity contribution in [3.8, 4) is 0 Å². The molecule has 1 saturated heterocycles. The number of aliphatic hydroxyl groups excluding tert-OH is 2. The molecule has 2 aromatic rings. The lowest BCUT2D eigenvalue weighted by molar-refractivity contribution is -0.140. The molecule has 0 bridgehead atoms. The normalized spacial score (nSPS) is 18.4. The Balaban J connectivity index is 2.07. The van der Waals surface area contributed by atoms with Crippen LogP contribution in [0.25, 0.3) is 5.76 Å². The minimum Gasteiger partial charge on any atom is -0.507 e. The summed E-state index contributed by atoms with van der Waals surface area (Å²) in [5.74, 6) is -1.69. The van der Waals surface area contributed by atoms with Crippen molar-refractivity contribution in [1.29, 1.82) is 0 Å². The second kappa shape index (κ2) is 9.86. The molecule has 1 heterocycles. The third-order valence-corrected chi connectivity index (χ3v) is 5.71. The van der Waals surface area contributed by atoms with Gasteiger partial charge in [-0.25, -0.2) is 0 Å². The topological polar surface area (TPSA) is 87.1 Å². The second-order valence-electron chi connectivity index (χ2n) is 8.71. The van der Waals surface area contributed by atoms with Gasteiger partial charge in [0.15, 0.2) is 0 Å². The zero-order valence-electron chi connectivity index (χ0n) is 18.5. The monoisotopic (exact) mass is 457 g/mol. The standard InChI is InChI=1S/C25H28ClNO5/c1-25(2,3)18-8-4-16(5-9-18)21-20(22(29)17-6-10-19(26)11-7-17)23(30)24(31)27(21)12-14-32-15-13-28/h4-11,21,28-29H,12-15H2,1-3H3/b22-20+. The molecule has 1 unspecified atom stereocenters. The van der Waals surface area contributed by atoms with Crippen molar-refractivity contribution in [2.45, 2.75) is 32.2 Å². The summed E-state index contributed by atoms with van der Waals surface area (Å²) < 4.78 is 5.32. The first-order valence-electron chi connectivity index (χ1n) is 10.5. The number of carbonyl (C=O) groups excluding carboxylic acids is 2. The number of amides is 1. The third kappa shape index (κ3) is 5.04. The second-order valence-corrected chi connectivity index (χ2v) is 9.14. The van der Waals surface area contributed by atoms with Crippen molar-refractivity contribution in [1.82, 2.24) is 4.90 Å². The fourth-order valence-corrected chi connectivity index (χ4v) is 3.84.